The summed E-state index contributed by atoms with van der Waals surface area (Å²) in [6.45, 7) is -0.238. The van der Waals surface area contributed by atoms with E-state index in [0.29, 0.717) is 18.1 Å². The predicted molar refractivity (Wildman–Crippen MR) is 64.6 cm³/mol. The summed E-state index contributed by atoms with van der Waals surface area (Å²) in [7, 11) is 0. The number of ether oxygens (including phenoxy) is 1. The van der Waals surface area contributed by atoms with Crippen LogP contribution in [0.3, 0.4) is 0 Å². The monoisotopic (exact) mass is 257 g/mol. The molecule has 0 amide bonds. The number of hydrogen-bond donors (Lipinski definition) is 0. The van der Waals surface area contributed by atoms with Gasteiger partial charge in [0.2, 0.25) is 11.7 Å². The maximum absolute atomic E-state index is 11.2. The van der Waals surface area contributed by atoms with Crippen LogP contribution in [0.25, 0.3) is 11.4 Å². The molecule has 1 aromatic heterocycles. The second-order valence-corrected chi connectivity index (χ2v) is 3.70. The zero-order valence-corrected chi connectivity index (χ0v) is 10.1. The van der Waals surface area contributed by atoms with Gasteiger partial charge in [-0.2, -0.15) is 10.2 Å². The van der Waals surface area contributed by atoms with Gasteiger partial charge in [0.25, 0.3) is 0 Å². The lowest BCUT2D eigenvalue weighted by atomic mass is 10.2. The molecule has 2 rings (SSSR count). The Morgan fingerprint density at radius 2 is 2.16 bits per heavy atom. The van der Waals surface area contributed by atoms with Gasteiger partial charge in [-0.25, -0.2) is 0 Å². The van der Waals surface area contributed by atoms with Crippen LogP contribution in [0.4, 0.5) is 0 Å². The first-order valence-electron chi connectivity index (χ1n) is 5.70. The number of nitrogens with zero attached hydrogens (tertiary/aromatic N) is 3. The lowest BCUT2D eigenvalue weighted by Crippen LogP contribution is -2.05. The highest BCUT2D eigenvalue weighted by molar-refractivity contribution is 5.69. The molecule has 0 aliphatic rings. The number of hydrogen-bond acceptors (Lipinski definition) is 6. The highest BCUT2D eigenvalue weighted by atomic mass is 16.5. The Labute approximate surface area is 109 Å². The Morgan fingerprint density at radius 3 is 2.89 bits per heavy atom. The highest BCUT2D eigenvalue weighted by Crippen LogP contribution is 2.15. The van der Waals surface area contributed by atoms with Crippen LogP contribution in [-0.4, -0.2) is 22.7 Å². The Kier molecular flexibility index (Phi) is 4.24. The van der Waals surface area contributed by atoms with E-state index in [9.17, 15) is 4.79 Å². The maximum atomic E-state index is 11.2. The summed E-state index contributed by atoms with van der Waals surface area (Å²) in [5.41, 5.74) is 0.851. The molecule has 0 spiro atoms. The molecule has 6 nitrogen and oxygen atoms in total. The number of esters is 1. The van der Waals surface area contributed by atoms with Crippen LogP contribution in [0.2, 0.25) is 0 Å². The van der Waals surface area contributed by atoms with E-state index in [-0.39, 0.29) is 13.0 Å². The molecule has 96 valence electrons. The van der Waals surface area contributed by atoms with Gasteiger partial charge in [-0.1, -0.05) is 35.5 Å². The second-order valence-electron chi connectivity index (χ2n) is 3.70. The lowest BCUT2D eigenvalue weighted by Gasteiger charge is -1.96. The Hall–Kier alpha value is -2.68. The number of aryl methyl sites for hydroxylation is 1. The van der Waals surface area contributed by atoms with Gasteiger partial charge < -0.3 is 9.26 Å². The molecule has 0 unspecified atom stereocenters. The fourth-order valence-corrected chi connectivity index (χ4v) is 1.45. The Morgan fingerprint density at radius 1 is 1.37 bits per heavy atom. The number of carbonyl (C=O) groups excluding carboxylic acids is 1. The fraction of sp³-hybridized carbons (Fsp3) is 0.231. The lowest BCUT2D eigenvalue weighted by molar-refractivity contribution is -0.142. The summed E-state index contributed by atoms with van der Waals surface area (Å²) in [5, 5.41) is 12.1. The summed E-state index contributed by atoms with van der Waals surface area (Å²) in [6, 6.07) is 11.1. The fourth-order valence-electron chi connectivity index (χ4n) is 1.45. The van der Waals surface area contributed by atoms with E-state index >= 15 is 0 Å². The van der Waals surface area contributed by atoms with E-state index in [4.69, 9.17) is 9.78 Å². The molecular weight excluding hydrogens is 246 g/mol. The highest BCUT2D eigenvalue weighted by Gasteiger charge is 2.10. The molecule has 19 heavy (non-hydrogen) atoms. The molecule has 0 aliphatic heterocycles. The number of aromatic nitrogens is 2. The quantitative estimate of drug-likeness (QED) is 0.758. The van der Waals surface area contributed by atoms with E-state index in [1.165, 1.54) is 0 Å². The molecule has 2 aromatic rings. The minimum Gasteiger partial charge on any atom is -0.450 e. The zero-order valence-electron chi connectivity index (χ0n) is 10.1. The number of carbonyl (C=O) groups is 1. The SMILES string of the molecule is N#CCOC(=O)CCc1nc(-c2ccccc2)no1. The minimum atomic E-state index is -0.457. The third kappa shape index (κ3) is 3.64. The molecular formula is C13H11N3O3. The van der Waals surface area contributed by atoms with Crippen molar-refractivity contribution >= 4 is 5.97 Å². The number of rotatable bonds is 5. The van der Waals surface area contributed by atoms with E-state index in [1.807, 2.05) is 30.3 Å². The first kappa shape index (κ1) is 12.8. The standard InChI is InChI=1S/C13H11N3O3/c14-8-9-18-12(17)7-6-11-15-13(16-19-11)10-4-2-1-3-5-10/h1-5H,6-7,9H2. The Bertz CT molecular complexity index is 587. The van der Waals surface area contributed by atoms with E-state index in [2.05, 4.69) is 14.9 Å². The van der Waals surface area contributed by atoms with E-state index < -0.39 is 5.97 Å². The summed E-state index contributed by atoms with van der Waals surface area (Å²) in [4.78, 5) is 15.4. The largest absolute Gasteiger partial charge is 0.450 e. The van der Waals surface area contributed by atoms with Crippen molar-refractivity contribution in [2.45, 2.75) is 12.8 Å². The van der Waals surface area contributed by atoms with Crippen molar-refractivity contribution in [2.24, 2.45) is 0 Å². The minimum absolute atomic E-state index is 0.109. The van der Waals surface area contributed by atoms with Gasteiger partial charge in [0.05, 0.1) is 6.42 Å². The van der Waals surface area contributed by atoms with Crippen LogP contribution < -0.4 is 0 Å². The average molecular weight is 257 g/mol. The molecule has 0 bridgehead atoms. The van der Waals surface area contributed by atoms with Crippen molar-refractivity contribution in [1.29, 1.82) is 5.26 Å². The second kappa shape index (κ2) is 6.31. The van der Waals surface area contributed by atoms with Crippen molar-refractivity contribution in [3.63, 3.8) is 0 Å². The average Bonchev–Trinajstić information content (AvgIpc) is 2.93. The van der Waals surface area contributed by atoms with Gasteiger partial charge in [-0.15, -0.1) is 0 Å². The number of nitriles is 1. The van der Waals surface area contributed by atoms with Crippen LogP contribution in [0, 0.1) is 11.3 Å². The molecule has 0 fully saturated rings. The first-order chi connectivity index (χ1) is 9.29. The molecule has 0 atom stereocenters. The zero-order chi connectivity index (χ0) is 13.5. The summed E-state index contributed by atoms with van der Waals surface area (Å²) < 4.78 is 9.65. The molecule has 0 aliphatic carbocycles. The smallest absolute Gasteiger partial charge is 0.307 e. The van der Waals surface area contributed by atoms with Crippen LogP contribution >= 0.6 is 0 Å². The van der Waals surface area contributed by atoms with E-state index in [0.717, 1.165) is 5.56 Å². The molecule has 0 N–H and O–H groups in total. The molecule has 1 heterocycles. The van der Waals surface area contributed by atoms with Gasteiger partial charge in [-0.05, 0) is 0 Å². The Balaban J connectivity index is 1.92. The third-order valence-electron chi connectivity index (χ3n) is 2.34. The van der Waals surface area contributed by atoms with Gasteiger partial charge in [-0.3, -0.25) is 4.79 Å². The van der Waals surface area contributed by atoms with Crippen molar-refractivity contribution < 1.29 is 14.1 Å². The van der Waals surface area contributed by atoms with Gasteiger partial charge in [0, 0.05) is 12.0 Å². The maximum Gasteiger partial charge on any atom is 0.307 e. The van der Waals surface area contributed by atoms with Crippen molar-refractivity contribution in [3.05, 3.63) is 36.2 Å². The van der Waals surface area contributed by atoms with Gasteiger partial charge in [0.15, 0.2) is 6.61 Å². The summed E-state index contributed by atoms with van der Waals surface area (Å²) in [6.07, 6.45) is 0.405. The normalized spacial score (nSPS) is 9.84. The van der Waals surface area contributed by atoms with Gasteiger partial charge >= 0.3 is 5.97 Å². The van der Waals surface area contributed by atoms with Crippen molar-refractivity contribution in [3.8, 4) is 17.5 Å². The predicted octanol–water partition coefficient (Wildman–Crippen LogP) is 1.74. The molecule has 6 heteroatoms. The van der Waals surface area contributed by atoms with Crippen LogP contribution in [-0.2, 0) is 16.0 Å². The van der Waals surface area contributed by atoms with Crippen LogP contribution in [0.5, 0.6) is 0 Å². The summed E-state index contributed by atoms with van der Waals surface area (Å²) in [5.74, 6) is 0.398. The molecule has 0 saturated carbocycles. The van der Waals surface area contributed by atoms with Crippen LogP contribution in [0.15, 0.2) is 34.9 Å². The van der Waals surface area contributed by atoms with Gasteiger partial charge in [0.1, 0.15) is 6.07 Å². The molecule has 1 aromatic carbocycles. The summed E-state index contributed by atoms with van der Waals surface area (Å²) >= 11 is 0. The van der Waals surface area contributed by atoms with E-state index in [1.54, 1.807) is 6.07 Å². The third-order valence-corrected chi connectivity index (χ3v) is 2.34. The van der Waals surface area contributed by atoms with Crippen molar-refractivity contribution in [1.82, 2.24) is 10.1 Å². The number of benzene rings is 1. The topological polar surface area (TPSA) is 89.0 Å². The van der Waals surface area contributed by atoms with Crippen molar-refractivity contribution in [2.75, 3.05) is 6.61 Å². The molecule has 0 radical (unpaired) electrons. The first-order valence-corrected chi connectivity index (χ1v) is 5.70. The molecule has 0 saturated heterocycles. The van der Waals surface area contributed by atoms with Crippen LogP contribution in [0.1, 0.15) is 12.3 Å².